The Morgan fingerprint density at radius 2 is 1.80 bits per heavy atom. The van der Waals surface area contributed by atoms with Crippen molar-refractivity contribution in [2.45, 2.75) is 38.5 Å². The molecule has 4 heterocycles. The highest BCUT2D eigenvalue weighted by atomic mass is 16.5. The molecule has 7 heteroatoms. The molecular weight excluding hydrogens is 320 g/mol. The standard InChI is InChI=1S/C18H18N4O3/c1-10-4-2-3-5-11(10)8-21-9-19-18(20-21)22-16(23)14-12-6-7-13(25-12)15(14)17(22)24/h2-5,9,12-15H,6-8H2,1H3/t12-,13-,14-,15-/m1/s1. The van der Waals surface area contributed by atoms with E-state index in [0.29, 0.717) is 6.54 Å². The number of rotatable bonds is 3. The van der Waals surface area contributed by atoms with Gasteiger partial charge in [0.1, 0.15) is 6.33 Å². The van der Waals surface area contributed by atoms with Crippen molar-refractivity contribution in [2.24, 2.45) is 11.8 Å². The number of hydrogen-bond acceptors (Lipinski definition) is 5. The molecule has 0 saturated carbocycles. The lowest BCUT2D eigenvalue weighted by atomic mass is 9.81. The number of nitrogens with zero attached hydrogens (tertiary/aromatic N) is 4. The van der Waals surface area contributed by atoms with Gasteiger partial charge in [-0.05, 0) is 30.9 Å². The summed E-state index contributed by atoms with van der Waals surface area (Å²) < 4.78 is 7.41. The number of carbonyl (C=O) groups excluding carboxylic acids is 2. The number of imide groups is 1. The summed E-state index contributed by atoms with van der Waals surface area (Å²) in [6, 6.07) is 8.03. The molecule has 0 radical (unpaired) electrons. The van der Waals surface area contributed by atoms with Gasteiger partial charge < -0.3 is 4.74 Å². The Hall–Kier alpha value is -2.54. The molecule has 2 bridgehead atoms. The summed E-state index contributed by atoms with van der Waals surface area (Å²) in [5.74, 6) is -0.951. The van der Waals surface area contributed by atoms with Gasteiger partial charge in [-0.25, -0.2) is 9.58 Å². The molecule has 3 fully saturated rings. The highest BCUT2D eigenvalue weighted by Gasteiger charge is 2.63. The van der Waals surface area contributed by atoms with Gasteiger partial charge in [-0.15, -0.1) is 5.10 Å². The zero-order valence-corrected chi connectivity index (χ0v) is 13.8. The van der Waals surface area contributed by atoms with E-state index in [9.17, 15) is 9.59 Å². The van der Waals surface area contributed by atoms with Crippen LogP contribution < -0.4 is 4.90 Å². The number of carbonyl (C=O) groups is 2. The van der Waals surface area contributed by atoms with Crippen LogP contribution in [0.3, 0.4) is 0 Å². The Morgan fingerprint density at radius 3 is 2.48 bits per heavy atom. The predicted molar refractivity (Wildman–Crippen MR) is 87.7 cm³/mol. The van der Waals surface area contributed by atoms with Crippen LogP contribution in [0.1, 0.15) is 24.0 Å². The fourth-order valence-corrected chi connectivity index (χ4v) is 4.33. The smallest absolute Gasteiger partial charge is 0.258 e. The summed E-state index contributed by atoms with van der Waals surface area (Å²) in [4.78, 5) is 30.9. The molecule has 2 amide bonds. The Balaban J connectivity index is 1.41. The molecule has 25 heavy (non-hydrogen) atoms. The first-order valence-corrected chi connectivity index (χ1v) is 8.61. The molecule has 2 aromatic rings. The molecule has 128 valence electrons. The second-order valence-electron chi connectivity index (χ2n) is 7.02. The van der Waals surface area contributed by atoms with Crippen LogP contribution >= 0.6 is 0 Å². The van der Waals surface area contributed by atoms with Gasteiger partial charge in [0, 0.05) is 0 Å². The van der Waals surface area contributed by atoms with Gasteiger partial charge in [-0.3, -0.25) is 9.59 Å². The van der Waals surface area contributed by atoms with Crippen molar-refractivity contribution < 1.29 is 14.3 Å². The van der Waals surface area contributed by atoms with E-state index in [2.05, 4.69) is 10.1 Å². The molecule has 0 N–H and O–H groups in total. The number of benzene rings is 1. The summed E-state index contributed by atoms with van der Waals surface area (Å²) >= 11 is 0. The van der Waals surface area contributed by atoms with Gasteiger partial charge in [-0.1, -0.05) is 24.3 Å². The van der Waals surface area contributed by atoms with E-state index in [1.165, 1.54) is 0 Å². The minimum atomic E-state index is -0.352. The first-order chi connectivity index (χ1) is 12.1. The van der Waals surface area contributed by atoms with E-state index < -0.39 is 0 Å². The normalized spacial score (nSPS) is 30.4. The fourth-order valence-electron chi connectivity index (χ4n) is 4.33. The number of anilines is 1. The topological polar surface area (TPSA) is 77.3 Å². The molecule has 3 saturated heterocycles. The van der Waals surface area contributed by atoms with Crippen molar-refractivity contribution in [3.63, 3.8) is 0 Å². The largest absolute Gasteiger partial charge is 0.373 e. The van der Waals surface area contributed by atoms with Gasteiger partial charge in [-0.2, -0.15) is 4.98 Å². The second kappa shape index (κ2) is 5.23. The SMILES string of the molecule is Cc1ccccc1Cn1cnc(N2C(=O)[C@H]3[C@H](C2=O)[C@H]2CC[C@H]3O2)n1. The molecule has 5 rings (SSSR count). The lowest BCUT2D eigenvalue weighted by Gasteiger charge is -2.14. The van der Waals surface area contributed by atoms with Crippen LogP contribution in [0.5, 0.6) is 0 Å². The van der Waals surface area contributed by atoms with Crippen LogP contribution in [-0.2, 0) is 20.9 Å². The lowest BCUT2D eigenvalue weighted by Crippen LogP contribution is -2.35. The van der Waals surface area contributed by atoms with Crippen LogP contribution in [0.4, 0.5) is 5.95 Å². The molecule has 1 aromatic heterocycles. The second-order valence-corrected chi connectivity index (χ2v) is 7.02. The molecule has 7 nitrogen and oxygen atoms in total. The van der Waals surface area contributed by atoms with Crippen LogP contribution in [0.15, 0.2) is 30.6 Å². The van der Waals surface area contributed by atoms with Crippen LogP contribution in [0.25, 0.3) is 0 Å². The third-order valence-electron chi connectivity index (χ3n) is 5.60. The van der Waals surface area contributed by atoms with Crippen LogP contribution in [0, 0.1) is 18.8 Å². The summed E-state index contributed by atoms with van der Waals surface area (Å²) in [7, 11) is 0. The van der Waals surface area contributed by atoms with Crippen molar-refractivity contribution in [3.05, 3.63) is 41.7 Å². The number of aryl methyl sites for hydroxylation is 1. The monoisotopic (exact) mass is 338 g/mol. The van der Waals surface area contributed by atoms with E-state index in [1.807, 2.05) is 31.2 Å². The molecule has 1 aromatic carbocycles. The van der Waals surface area contributed by atoms with Crippen molar-refractivity contribution >= 4 is 17.8 Å². The number of aromatic nitrogens is 3. The maximum atomic E-state index is 12.7. The summed E-state index contributed by atoms with van der Waals surface area (Å²) in [5, 5.41) is 4.38. The maximum absolute atomic E-state index is 12.7. The van der Waals surface area contributed by atoms with E-state index in [4.69, 9.17) is 4.74 Å². The van der Waals surface area contributed by atoms with Gasteiger partial charge in [0.25, 0.3) is 5.95 Å². The molecule has 3 aliphatic rings. The van der Waals surface area contributed by atoms with E-state index in [1.54, 1.807) is 11.0 Å². The first kappa shape index (κ1) is 14.8. The molecule has 0 spiro atoms. The molecule has 4 atom stereocenters. The minimum absolute atomic E-state index is 0.120. The van der Waals surface area contributed by atoms with Gasteiger partial charge >= 0.3 is 0 Å². The first-order valence-electron chi connectivity index (χ1n) is 8.61. The zero-order valence-electron chi connectivity index (χ0n) is 13.8. The Labute approximate surface area is 144 Å². The lowest BCUT2D eigenvalue weighted by molar-refractivity contribution is -0.124. The van der Waals surface area contributed by atoms with Crippen LogP contribution in [0.2, 0.25) is 0 Å². The van der Waals surface area contributed by atoms with E-state index >= 15 is 0 Å². The molecular formula is C18H18N4O3. The third-order valence-corrected chi connectivity index (χ3v) is 5.60. The summed E-state index contributed by atoms with van der Waals surface area (Å²) in [5.41, 5.74) is 2.29. The summed E-state index contributed by atoms with van der Waals surface area (Å²) in [6.45, 7) is 2.59. The fraction of sp³-hybridized carbons (Fsp3) is 0.444. The Morgan fingerprint density at radius 1 is 1.12 bits per heavy atom. The maximum Gasteiger partial charge on any atom is 0.258 e. The number of amides is 2. The van der Waals surface area contributed by atoms with Crippen LogP contribution in [-0.4, -0.2) is 38.8 Å². The average Bonchev–Trinajstić information content (AvgIpc) is 3.35. The zero-order chi connectivity index (χ0) is 17.1. The number of fused-ring (bicyclic) bond motifs is 5. The third kappa shape index (κ3) is 2.08. The number of ether oxygens (including phenoxy) is 1. The average molecular weight is 338 g/mol. The highest BCUT2D eigenvalue weighted by Crippen LogP contribution is 2.48. The van der Waals surface area contributed by atoms with Gasteiger partial charge in [0.05, 0.1) is 30.6 Å². The van der Waals surface area contributed by atoms with E-state index in [0.717, 1.165) is 28.9 Å². The summed E-state index contributed by atoms with van der Waals surface area (Å²) in [6.07, 6.45) is 3.04. The Bertz CT molecular complexity index is 849. The quantitative estimate of drug-likeness (QED) is 0.789. The van der Waals surface area contributed by atoms with Gasteiger partial charge in [0.2, 0.25) is 11.8 Å². The highest BCUT2D eigenvalue weighted by molar-refractivity contribution is 6.21. The Kier molecular flexibility index (Phi) is 3.09. The predicted octanol–water partition coefficient (Wildman–Crippen LogP) is 1.30. The molecule has 3 aliphatic heterocycles. The van der Waals surface area contributed by atoms with Crippen molar-refractivity contribution in [1.82, 2.24) is 14.8 Å². The molecule has 0 aliphatic carbocycles. The van der Waals surface area contributed by atoms with Crippen molar-refractivity contribution in [1.29, 1.82) is 0 Å². The van der Waals surface area contributed by atoms with Gasteiger partial charge in [0.15, 0.2) is 0 Å². The minimum Gasteiger partial charge on any atom is -0.373 e. The van der Waals surface area contributed by atoms with Crippen molar-refractivity contribution in [3.8, 4) is 0 Å². The molecule has 0 unspecified atom stereocenters. The number of hydrogen-bond donors (Lipinski definition) is 0. The van der Waals surface area contributed by atoms with E-state index in [-0.39, 0.29) is 41.8 Å². The van der Waals surface area contributed by atoms with Crippen molar-refractivity contribution in [2.75, 3.05) is 4.90 Å².